The molecular weight excluding hydrogens is 340 g/mol. The maximum absolute atomic E-state index is 12.7. The Hall–Kier alpha value is -3.08. The molecule has 0 fully saturated rings. The molecule has 0 spiro atoms. The Bertz CT molecular complexity index is 810. The van der Waals surface area contributed by atoms with Crippen molar-refractivity contribution in [2.75, 3.05) is 11.9 Å². The lowest BCUT2D eigenvalue weighted by Crippen LogP contribution is -2.33. The molecule has 0 saturated heterocycles. The number of anilines is 1. The number of ether oxygens (including phenoxy) is 1. The first-order chi connectivity index (χ1) is 12.9. The molecule has 5 heteroatoms. The summed E-state index contributed by atoms with van der Waals surface area (Å²) in [4.78, 5) is 25.0. The molecular formula is C22H26N2O3. The van der Waals surface area contributed by atoms with Gasteiger partial charge in [0.25, 0.3) is 11.8 Å². The number of para-hydroxylation sites is 1. The van der Waals surface area contributed by atoms with Gasteiger partial charge < -0.3 is 15.4 Å². The Morgan fingerprint density at radius 2 is 1.81 bits per heavy atom. The zero-order chi connectivity index (χ0) is 19.8. The molecule has 2 aromatic carbocycles. The van der Waals surface area contributed by atoms with Crippen LogP contribution >= 0.6 is 0 Å². The van der Waals surface area contributed by atoms with Crippen molar-refractivity contribution < 1.29 is 14.3 Å². The molecule has 2 amide bonds. The predicted octanol–water partition coefficient (Wildman–Crippen LogP) is 4.02. The predicted molar refractivity (Wildman–Crippen MR) is 108 cm³/mol. The van der Waals surface area contributed by atoms with Gasteiger partial charge >= 0.3 is 0 Å². The molecule has 0 bridgehead atoms. The Morgan fingerprint density at radius 1 is 1.15 bits per heavy atom. The highest BCUT2D eigenvalue weighted by Crippen LogP contribution is 2.20. The van der Waals surface area contributed by atoms with E-state index in [2.05, 4.69) is 17.2 Å². The monoisotopic (exact) mass is 366 g/mol. The number of amides is 2. The van der Waals surface area contributed by atoms with Crippen LogP contribution in [0.3, 0.4) is 0 Å². The van der Waals surface area contributed by atoms with E-state index in [0.717, 1.165) is 11.1 Å². The number of hydrogen-bond donors (Lipinski definition) is 2. The molecule has 2 rings (SSSR count). The standard InChI is InChI=1S/C22H26N2O3/c1-5-11-23-21(25)18-9-7-8-10-19(18)24-22(26)20(6-2)27-17-13-15(3)12-16(4)14-17/h5,7-10,12-14,20H,1,6,11H2,2-4H3,(H,23,25)(H,24,26)/t20-/m1/s1. The second-order valence-electron chi connectivity index (χ2n) is 6.37. The number of rotatable bonds is 8. The Kier molecular flexibility index (Phi) is 7.17. The highest BCUT2D eigenvalue weighted by atomic mass is 16.5. The normalized spacial score (nSPS) is 11.4. The van der Waals surface area contributed by atoms with Crippen LogP contribution in [0.25, 0.3) is 0 Å². The lowest BCUT2D eigenvalue weighted by molar-refractivity contribution is -0.122. The molecule has 0 aliphatic carbocycles. The van der Waals surface area contributed by atoms with Gasteiger partial charge in [-0.1, -0.05) is 31.2 Å². The fraction of sp³-hybridized carbons (Fsp3) is 0.273. The Labute approximate surface area is 160 Å². The van der Waals surface area contributed by atoms with Gasteiger partial charge in [-0.15, -0.1) is 6.58 Å². The molecule has 2 N–H and O–H groups in total. The van der Waals surface area contributed by atoms with E-state index in [0.29, 0.717) is 30.0 Å². The summed E-state index contributed by atoms with van der Waals surface area (Å²) in [6.45, 7) is 9.79. The minimum atomic E-state index is -0.657. The number of nitrogens with one attached hydrogen (secondary N) is 2. The molecule has 0 saturated carbocycles. The van der Waals surface area contributed by atoms with Crippen molar-refractivity contribution in [2.24, 2.45) is 0 Å². The van der Waals surface area contributed by atoms with E-state index in [4.69, 9.17) is 4.74 Å². The zero-order valence-electron chi connectivity index (χ0n) is 16.0. The van der Waals surface area contributed by atoms with Crippen molar-refractivity contribution in [2.45, 2.75) is 33.3 Å². The first-order valence-electron chi connectivity index (χ1n) is 8.98. The molecule has 142 valence electrons. The Morgan fingerprint density at radius 3 is 2.44 bits per heavy atom. The molecule has 0 unspecified atom stereocenters. The van der Waals surface area contributed by atoms with E-state index < -0.39 is 6.10 Å². The summed E-state index contributed by atoms with van der Waals surface area (Å²) in [5.41, 5.74) is 2.99. The summed E-state index contributed by atoms with van der Waals surface area (Å²) in [6.07, 6.45) is 1.45. The Balaban J connectivity index is 2.15. The fourth-order valence-electron chi connectivity index (χ4n) is 2.75. The van der Waals surface area contributed by atoms with Crippen LogP contribution in [0.5, 0.6) is 5.75 Å². The van der Waals surface area contributed by atoms with Crippen molar-refractivity contribution in [3.05, 3.63) is 71.8 Å². The smallest absolute Gasteiger partial charge is 0.265 e. The number of carbonyl (C=O) groups is 2. The van der Waals surface area contributed by atoms with Crippen molar-refractivity contribution >= 4 is 17.5 Å². The fourth-order valence-corrected chi connectivity index (χ4v) is 2.75. The lowest BCUT2D eigenvalue weighted by atomic mass is 10.1. The second-order valence-corrected chi connectivity index (χ2v) is 6.37. The van der Waals surface area contributed by atoms with Gasteiger partial charge in [0.05, 0.1) is 11.3 Å². The molecule has 0 aliphatic heterocycles. The van der Waals surface area contributed by atoms with Gasteiger partial charge in [-0.05, 0) is 55.7 Å². The number of carbonyl (C=O) groups excluding carboxylic acids is 2. The average molecular weight is 366 g/mol. The van der Waals surface area contributed by atoms with Crippen LogP contribution in [-0.4, -0.2) is 24.5 Å². The molecule has 0 radical (unpaired) electrons. The lowest BCUT2D eigenvalue weighted by Gasteiger charge is -2.19. The maximum Gasteiger partial charge on any atom is 0.265 e. The number of hydrogen-bond acceptors (Lipinski definition) is 3. The molecule has 1 atom stereocenters. The van der Waals surface area contributed by atoms with Gasteiger partial charge in [0, 0.05) is 6.54 Å². The molecule has 27 heavy (non-hydrogen) atoms. The van der Waals surface area contributed by atoms with Gasteiger partial charge in [-0.25, -0.2) is 0 Å². The van der Waals surface area contributed by atoms with E-state index in [1.165, 1.54) is 0 Å². The van der Waals surface area contributed by atoms with Crippen LogP contribution in [0.15, 0.2) is 55.1 Å². The van der Waals surface area contributed by atoms with Crippen LogP contribution in [0, 0.1) is 13.8 Å². The maximum atomic E-state index is 12.7. The van der Waals surface area contributed by atoms with Gasteiger partial charge in [0.2, 0.25) is 0 Å². The third-order valence-electron chi connectivity index (χ3n) is 3.97. The summed E-state index contributed by atoms with van der Waals surface area (Å²) in [5, 5.41) is 5.54. The number of benzene rings is 2. The minimum absolute atomic E-state index is 0.269. The SMILES string of the molecule is C=CCNC(=O)c1ccccc1NC(=O)[C@@H](CC)Oc1cc(C)cc(C)c1. The van der Waals surface area contributed by atoms with Crippen molar-refractivity contribution in [3.63, 3.8) is 0 Å². The molecule has 5 nitrogen and oxygen atoms in total. The zero-order valence-corrected chi connectivity index (χ0v) is 16.0. The van der Waals surface area contributed by atoms with Crippen LogP contribution in [0.4, 0.5) is 5.69 Å². The highest BCUT2D eigenvalue weighted by Gasteiger charge is 2.21. The van der Waals surface area contributed by atoms with E-state index in [1.54, 1.807) is 30.3 Å². The van der Waals surface area contributed by atoms with Crippen LogP contribution < -0.4 is 15.4 Å². The van der Waals surface area contributed by atoms with Crippen LogP contribution in [-0.2, 0) is 4.79 Å². The number of aryl methyl sites for hydroxylation is 2. The summed E-state index contributed by atoms with van der Waals surface area (Å²) in [7, 11) is 0. The van der Waals surface area contributed by atoms with Gasteiger partial charge in [-0.3, -0.25) is 9.59 Å². The highest BCUT2D eigenvalue weighted by molar-refractivity contribution is 6.04. The van der Waals surface area contributed by atoms with Gasteiger partial charge in [0.15, 0.2) is 6.10 Å². The van der Waals surface area contributed by atoms with E-state index >= 15 is 0 Å². The summed E-state index contributed by atoms with van der Waals surface area (Å²) < 4.78 is 5.90. The summed E-state index contributed by atoms with van der Waals surface area (Å²) in [6, 6.07) is 12.7. The molecule has 0 aliphatic rings. The first-order valence-corrected chi connectivity index (χ1v) is 8.98. The van der Waals surface area contributed by atoms with Crippen molar-refractivity contribution in [1.29, 1.82) is 0 Å². The van der Waals surface area contributed by atoms with Crippen molar-refractivity contribution in [3.8, 4) is 5.75 Å². The topological polar surface area (TPSA) is 67.4 Å². The van der Waals surface area contributed by atoms with Crippen molar-refractivity contribution in [1.82, 2.24) is 5.32 Å². The third kappa shape index (κ3) is 5.71. The molecule has 0 aromatic heterocycles. The van der Waals surface area contributed by atoms with E-state index in [1.807, 2.05) is 39.0 Å². The molecule has 2 aromatic rings. The van der Waals surface area contributed by atoms with E-state index in [9.17, 15) is 9.59 Å². The summed E-state index contributed by atoms with van der Waals surface area (Å²) in [5.74, 6) is 0.0983. The average Bonchev–Trinajstić information content (AvgIpc) is 2.63. The minimum Gasteiger partial charge on any atom is -0.481 e. The van der Waals surface area contributed by atoms with Crippen LogP contribution in [0.1, 0.15) is 34.8 Å². The summed E-state index contributed by atoms with van der Waals surface area (Å²) >= 11 is 0. The van der Waals surface area contributed by atoms with E-state index in [-0.39, 0.29) is 11.8 Å². The van der Waals surface area contributed by atoms with Gasteiger partial charge in [0.1, 0.15) is 5.75 Å². The third-order valence-corrected chi connectivity index (χ3v) is 3.97. The van der Waals surface area contributed by atoms with Crippen LogP contribution in [0.2, 0.25) is 0 Å². The molecule has 0 heterocycles. The first kappa shape index (κ1) is 20.2. The second kappa shape index (κ2) is 9.57. The van der Waals surface area contributed by atoms with Gasteiger partial charge in [-0.2, -0.15) is 0 Å². The largest absolute Gasteiger partial charge is 0.481 e. The quantitative estimate of drug-likeness (QED) is 0.694.